The molecule has 3 heterocycles. The molecular weight excluding hydrogens is 1290 g/mol. The number of benzene rings is 3. The number of pyridine rings is 3. The van der Waals surface area contributed by atoms with Gasteiger partial charge in [-0.15, -0.1) is 0 Å². The van der Waals surface area contributed by atoms with Gasteiger partial charge in [-0.05, 0) is 173 Å². The number of ether oxygens (including phenoxy) is 6. The van der Waals surface area contributed by atoms with E-state index in [9.17, 15) is 43.8 Å². The van der Waals surface area contributed by atoms with E-state index in [1.54, 1.807) is 41.5 Å². The summed E-state index contributed by atoms with van der Waals surface area (Å²) in [6.45, 7) is 19.5. The summed E-state index contributed by atoms with van der Waals surface area (Å²) in [4.78, 5) is 97.5. The van der Waals surface area contributed by atoms with Crippen molar-refractivity contribution in [3.8, 4) is 0 Å². The van der Waals surface area contributed by atoms with Crippen LogP contribution in [0.4, 0.5) is 0 Å². The third kappa shape index (κ3) is 22.2. The Bertz CT molecular complexity index is 3580. The van der Waals surface area contributed by atoms with Crippen LogP contribution in [-0.2, 0) is 62.0 Å². The fraction of sp³-hybridized carbons (Fsp3) is 0.453. The summed E-state index contributed by atoms with van der Waals surface area (Å²) in [7, 11) is 0. The monoisotopic (exact) mass is 1380 g/mol. The molecule has 3 fully saturated rings. The normalized spacial score (nSPS) is 21.6. The smallest absolute Gasteiger partial charge is 1.00 e. The maximum absolute atomic E-state index is 12.8. The number of aromatic nitrogens is 3. The van der Waals surface area contributed by atoms with Crippen molar-refractivity contribution in [1.29, 1.82) is 0 Å². The molecule has 0 unspecified atom stereocenters. The van der Waals surface area contributed by atoms with E-state index >= 15 is 0 Å². The van der Waals surface area contributed by atoms with Crippen molar-refractivity contribution in [3.05, 3.63) is 150 Å². The van der Waals surface area contributed by atoms with E-state index < -0.39 is 45.8 Å². The number of rotatable bonds is 18. The van der Waals surface area contributed by atoms with Crippen LogP contribution in [0.15, 0.2) is 109 Å². The average molecular weight is 1380 g/mol. The number of nitrogens with zero attached hydrogens (tertiary/aromatic N) is 3. The Balaban J connectivity index is 0.000000299. The molecule has 0 aliphatic heterocycles. The predicted molar refractivity (Wildman–Crippen MR) is 364 cm³/mol. The van der Waals surface area contributed by atoms with Gasteiger partial charge in [0.25, 0.3) is 0 Å². The van der Waals surface area contributed by atoms with Gasteiger partial charge in [0, 0.05) is 49.8 Å². The number of hydrogen-bond acceptors (Lipinski definition) is 18. The van der Waals surface area contributed by atoms with Crippen LogP contribution in [0.1, 0.15) is 205 Å². The Morgan fingerprint density at radius 3 is 0.958 bits per heavy atom. The van der Waals surface area contributed by atoms with E-state index in [0.717, 1.165) is 49.4 Å². The van der Waals surface area contributed by atoms with Gasteiger partial charge in [0.2, 0.25) is 0 Å². The Labute approximate surface area is 585 Å². The molecule has 9 rings (SSSR count). The number of hydrogen-bond donors (Lipinski definition) is 2. The second-order valence-electron chi connectivity index (χ2n) is 25.0. The number of aliphatic hydroxyl groups is 2. The fourth-order valence-corrected chi connectivity index (χ4v) is 11.7. The van der Waals surface area contributed by atoms with Gasteiger partial charge >= 0.3 is 58.9 Å². The molecule has 0 spiro atoms. The second-order valence-corrected chi connectivity index (χ2v) is 25.0. The summed E-state index contributed by atoms with van der Waals surface area (Å²) in [6.07, 6.45) is 16.3. The van der Waals surface area contributed by atoms with Crippen LogP contribution >= 0.6 is 0 Å². The zero-order valence-electron chi connectivity index (χ0n) is 57.1. The van der Waals surface area contributed by atoms with Crippen LogP contribution in [0.3, 0.4) is 0 Å². The summed E-state index contributed by atoms with van der Waals surface area (Å²) in [5.41, 5.74) is 3.40. The molecule has 6 aromatic rings. The Kier molecular flexibility index (Phi) is 30.1. The maximum Gasteiger partial charge on any atom is 2.00 e. The first-order valence-corrected chi connectivity index (χ1v) is 31.9. The number of esters is 6. The minimum Gasteiger partial charge on any atom is -1.00 e. The molecule has 3 aromatic heterocycles. The molecule has 0 saturated heterocycles. The van der Waals surface area contributed by atoms with Gasteiger partial charge < -0.3 is 63.0 Å². The fourth-order valence-electron chi connectivity index (χ4n) is 11.7. The number of carbonyl (C=O) groups excluding carboxylic acids is 7. The summed E-state index contributed by atoms with van der Waals surface area (Å²) in [5, 5.41) is 23.6. The molecule has 3 aromatic carbocycles. The first-order chi connectivity index (χ1) is 43.6. The molecule has 20 heteroatoms. The van der Waals surface area contributed by atoms with Gasteiger partial charge in [-0.25, -0.2) is 15.0 Å². The molecule has 0 radical (unpaired) electrons. The molecule has 18 nitrogen and oxygen atoms in total. The van der Waals surface area contributed by atoms with Crippen LogP contribution in [-0.4, -0.2) is 121 Å². The molecule has 95 heavy (non-hydrogen) atoms. The molecule has 0 bridgehead atoms. The third-order valence-corrected chi connectivity index (χ3v) is 17.5. The number of carbonyl (C=O) groups is 7. The average Bonchev–Trinajstić information content (AvgIpc) is 0.827. The first-order valence-electron chi connectivity index (χ1n) is 31.9. The van der Waals surface area contributed by atoms with Gasteiger partial charge in [-0.2, -0.15) is 0 Å². The number of fused-ring (bicyclic) bond motifs is 3. The van der Waals surface area contributed by atoms with Crippen LogP contribution in [0.25, 0.3) is 50.9 Å². The number of halogens is 1. The Morgan fingerprint density at radius 2 is 0.705 bits per heavy atom. The summed E-state index contributed by atoms with van der Waals surface area (Å²) in [5.74, 6) is -1.60. The summed E-state index contributed by atoms with van der Waals surface area (Å²) in [6, 6.07) is 29.1. The standard InChI is InChI=1S/2C25H31NO5.C24H27NO5.CH3.BrH.Mg/c2*1-5-30-23(28)25(14-12-24(4,29)13-15-25)11-10-19-6-7-20-8-9-21(26-22(20)16-19)17(2)31-18(3)27;1-4-29-23(28)24(13-10-20(27)11-14-24)12-9-18-5-6-19-7-8-21(25-22(19)15-18)16(2)30-17(3)26;;;/h2*6-11,16-17,29H,5,12-15H2,1-4H3;5-9,12,15-16H,4,10-11,13-14H2,1-3H3;1H3;1H;/q;;;-1;;+2/p-1/b2*11-10+;12-9+;;;/t2*17-,24?,25?;16-;;;/m111.../s1. The van der Waals surface area contributed by atoms with Gasteiger partial charge in [-0.3, -0.25) is 33.6 Å². The third-order valence-electron chi connectivity index (χ3n) is 17.5. The second kappa shape index (κ2) is 35.7. The van der Waals surface area contributed by atoms with Crippen molar-refractivity contribution >= 4 is 116 Å². The molecule has 3 aliphatic carbocycles. The van der Waals surface area contributed by atoms with Crippen LogP contribution < -0.4 is 17.0 Å². The van der Waals surface area contributed by atoms with Crippen molar-refractivity contribution in [2.45, 2.75) is 183 Å². The Morgan fingerprint density at radius 1 is 0.453 bits per heavy atom. The minimum atomic E-state index is -0.766. The van der Waals surface area contributed by atoms with E-state index in [1.807, 2.05) is 141 Å². The molecule has 3 atom stereocenters. The van der Waals surface area contributed by atoms with Crippen molar-refractivity contribution < 1.29 is 89.2 Å². The zero-order valence-corrected chi connectivity index (χ0v) is 60.1. The van der Waals surface area contributed by atoms with Crippen LogP contribution in [0, 0.1) is 23.7 Å². The first kappa shape index (κ1) is 80.2. The molecular formula is C75H92BrMgN3O15. The van der Waals surface area contributed by atoms with E-state index in [4.69, 9.17) is 28.4 Å². The van der Waals surface area contributed by atoms with E-state index in [0.29, 0.717) is 114 Å². The topological polar surface area (TPSA) is 254 Å². The van der Waals surface area contributed by atoms with Gasteiger partial charge in [-0.1, -0.05) is 91.1 Å². The molecule has 3 aliphatic rings. The summed E-state index contributed by atoms with van der Waals surface area (Å²) < 4.78 is 31.7. The van der Waals surface area contributed by atoms with Gasteiger partial charge in [0.05, 0.1) is 80.9 Å². The van der Waals surface area contributed by atoms with Gasteiger partial charge in [0.1, 0.15) is 24.1 Å². The van der Waals surface area contributed by atoms with Crippen LogP contribution in [0.5, 0.6) is 0 Å². The zero-order chi connectivity index (χ0) is 67.0. The van der Waals surface area contributed by atoms with E-state index in [1.165, 1.54) is 20.8 Å². The van der Waals surface area contributed by atoms with Crippen LogP contribution in [0.2, 0.25) is 0 Å². The SMILES string of the molecule is CCOC(=O)C1(/C=C/c2ccc3ccc([C@@H](C)OC(C)=O)nc3c2)CCC(=O)CC1.CCOC(=O)C1(/C=C/c2ccc3ccc([C@@H](C)OC(C)=O)nc3c2)CCC(C)(O)CC1.CCOC(=O)C1(/C=C/c2ccc3ccc([C@@H](C)OC(C)=O)nc3c2)CCC(C)(O)CC1.[Br-].[CH3-].[Mg+2]. The maximum atomic E-state index is 12.8. The quantitative estimate of drug-likeness (QED) is 0.0351. The van der Waals surface area contributed by atoms with E-state index in [-0.39, 0.29) is 89.1 Å². The van der Waals surface area contributed by atoms with E-state index in [2.05, 4.69) is 15.0 Å². The molecule has 2 N–H and O–H groups in total. The van der Waals surface area contributed by atoms with Crippen molar-refractivity contribution in [1.82, 2.24) is 15.0 Å². The minimum absolute atomic E-state index is 0. The van der Waals surface area contributed by atoms with Crippen molar-refractivity contribution in [3.63, 3.8) is 0 Å². The number of ketones is 1. The summed E-state index contributed by atoms with van der Waals surface area (Å²) >= 11 is 0. The number of Topliss-reactive ketones (excluding diaryl/α,β-unsaturated/α-hetero) is 1. The van der Waals surface area contributed by atoms with Gasteiger partial charge in [0.15, 0.2) is 0 Å². The largest absolute Gasteiger partial charge is 2.00 e. The molecule has 3 saturated carbocycles. The molecule has 506 valence electrons. The van der Waals surface area contributed by atoms with Crippen molar-refractivity contribution in [2.24, 2.45) is 16.2 Å². The predicted octanol–water partition coefficient (Wildman–Crippen LogP) is 11.1. The Hall–Kier alpha value is -7.23. The molecule has 0 amide bonds. The van der Waals surface area contributed by atoms with Crippen molar-refractivity contribution in [2.75, 3.05) is 19.8 Å².